The summed E-state index contributed by atoms with van der Waals surface area (Å²) in [5.41, 5.74) is 0.284. The fourth-order valence-electron chi connectivity index (χ4n) is 1.77. The van der Waals surface area contributed by atoms with Crippen molar-refractivity contribution in [3.63, 3.8) is 0 Å². The van der Waals surface area contributed by atoms with E-state index in [9.17, 15) is 9.59 Å². The van der Waals surface area contributed by atoms with Crippen molar-refractivity contribution in [3.05, 3.63) is 24.8 Å². The molecule has 0 heterocycles. The number of hydrogen-bond acceptors (Lipinski definition) is 4. The van der Waals surface area contributed by atoms with Gasteiger partial charge in [-0.3, -0.25) is 0 Å². The molecular formula is C16H26O4. The molecule has 0 spiro atoms. The maximum Gasteiger partial charge on any atom is 0.336 e. The zero-order valence-electron chi connectivity index (χ0n) is 12.8. The van der Waals surface area contributed by atoms with Gasteiger partial charge in [0.05, 0.1) is 0 Å². The Morgan fingerprint density at radius 2 is 1.90 bits per heavy atom. The van der Waals surface area contributed by atoms with Crippen LogP contribution in [0.5, 0.6) is 0 Å². The molecule has 0 aromatic heterocycles. The number of carbonyl (C=O) groups excluding carboxylic acids is 2. The molecule has 0 bridgehead atoms. The van der Waals surface area contributed by atoms with Gasteiger partial charge in [0.1, 0.15) is 0 Å². The molecule has 0 fully saturated rings. The minimum absolute atomic E-state index is 0.284. The van der Waals surface area contributed by atoms with E-state index in [2.05, 4.69) is 27.0 Å². The zero-order chi connectivity index (χ0) is 15.5. The van der Waals surface area contributed by atoms with Gasteiger partial charge in [0.15, 0.2) is 0 Å². The van der Waals surface area contributed by atoms with Gasteiger partial charge in [-0.1, -0.05) is 52.7 Å². The molecule has 2 unspecified atom stereocenters. The molecule has 0 radical (unpaired) electrons. The lowest BCUT2D eigenvalue weighted by atomic mass is 9.95. The molecular weight excluding hydrogens is 256 g/mol. The van der Waals surface area contributed by atoms with Gasteiger partial charge in [-0.15, -0.1) is 0 Å². The highest BCUT2D eigenvalue weighted by Gasteiger charge is 2.22. The predicted molar refractivity (Wildman–Crippen MR) is 78.9 cm³/mol. The van der Waals surface area contributed by atoms with Crippen LogP contribution in [-0.4, -0.2) is 18.2 Å². The first-order chi connectivity index (χ1) is 9.44. The Hall–Kier alpha value is -1.58. The van der Waals surface area contributed by atoms with Crippen molar-refractivity contribution in [2.45, 2.75) is 59.2 Å². The van der Waals surface area contributed by atoms with E-state index in [4.69, 9.17) is 9.47 Å². The molecule has 0 saturated carbocycles. The van der Waals surface area contributed by atoms with Gasteiger partial charge >= 0.3 is 11.9 Å². The molecule has 114 valence electrons. The Kier molecular flexibility index (Phi) is 9.43. The molecule has 0 rings (SSSR count). The van der Waals surface area contributed by atoms with Gasteiger partial charge in [0.2, 0.25) is 6.29 Å². The van der Waals surface area contributed by atoms with Crippen LogP contribution in [0, 0.1) is 5.92 Å². The summed E-state index contributed by atoms with van der Waals surface area (Å²) >= 11 is 0. The van der Waals surface area contributed by atoms with Crippen LogP contribution in [0.15, 0.2) is 24.8 Å². The number of esters is 2. The van der Waals surface area contributed by atoms with Crippen molar-refractivity contribution in [2.75, 3.05) is 0 Å². The highest BCUT2D eigenvalue weighted by Crippen LogP contribution is 2.21. The second kappa shape index (κ2) is 10.2. The first-order valence-corrected chi connectivity index (χ1v) is 7.14. The molecule has 0 amide bonds. The van der Waals surface area contributed by atoms with Gasteiger partial charge in [-0.25, -0.2) is 9.59 Å². The van der Waals surface area contributed by atoms with E-state index < -0.39 is 18.2 Å². The maximum atomic E-state index is 11.6. The minimum atomic E-state index is -0.869. The molecule has 0 aliphatic heterocycles. The number of unbranched alkanes of at least 4 members (excludes halogenated alkanes) is 1. The highest BCUT2D eigenvalue weighted by atomic mass is 16.7. The van der Waals surface area contributed by atoms with Gasteiger partial charge in [0.25, 0.3) is 0 Å². The van der Waals surface area contributed by atoms with E-state index in [0.717, 1.165) is 31.8 Å². The SMILES string of the molecule is C=CC(=O)OC(CC(CC)CCCC)OC(=O)C(=C)C. The predicted octanol–water partition coefficient (Wildman–Crippen LogP) is 3.77. The monoisotopic (exact) mass is 282 g/mol. The third-order valence-electron chi connectivity index (χ3n) is 3.07. The number of ether oxygens (including phenoxy) is 2. The summed E-state index contributed by atoms with van der Waals surface area (Å²) in [6, 6.07) is 0. The van der Waals surface area contributed by atoms with Crippen LogP contribution in [0.3, 0.4) is 0 Å². The van der Waals surface area contributed by atoms with Gasteiger partial charge in [-0.05, 0) is 12.8 Å². The topological polar surface area (TPSA) is 52.6 Å². The van der Waals surface area contributed by atoms with Crippen molar-refractivity contribution < 1.29 is 19.1 Å². The normalized spacial score (nSPS) is 13.2. The molecule has 4 nitrogen and oxygen atoms in total. The average Bonchev–Trinajstić information content (AvgIpc) is 2.42. The van der Waals surface area contributed by atoms with Crippen LogP contribution in [0.4, 0.5) is 0 Å². The molecule has 0 aliphatic rings. The molecule has 0 N–H and O–H groups in total. The van der Waals surface area contributed by atoms with Crippen LogP contribution in [0.2, 0.25) is 0 Å². The number of hydrogen-bond donors (Lipinski definition) is 0. The Labute approximate surface area is 121 Å². The van der Waals surface area contributed by atoms with Crippen molar-refractivity contribution >= 4 is 11.9 Å². The Morgan fingerprint density at radius 3 is 2.35 bits per heavy atom. The van der Waals surface area contributed by atoms with E-state index in [0.29, 0.717) is 12.3 Å². The van der Waals surface area contributed by atoms with Crippen molar-refractivity contribution in [2.24, 2.45) is 5.92 Å². The summed E-state index contributed by atoms with van der Waals surface area (Å²) in [6.07, 6.45) is 4.90. The Bertz CT molecular complexity index is 346. The minimum Gasteiger partial charge on any atom is -0.422 e. The third-order valence-corrected chi connectivity index (χ3v) is 3.07. The summed E-state index contributed by atoms with van der Waals surface area (Å²) in [5, 5.41) is 0. The van der Waals surface area contributed by atoms with Gasteiger partial charge < -0.3 is 9.47 Å². The van der Waals surface area contributed by atoms with Gasteiger partial charge in [-0.2, -0.15) is 0 Å². The van der Waals surface area contributed by atoms with Crippen LogP contribution < -0.4 is 0 Å². The summed E-state index contributed by atoms with van der Waals surface area (Å²) < 4.78 is 10.3. The number of carbonyl (C=O) groups is 2. The van der Waals surface area contributed by atoms with E-state index in [1.165, 1.54) is 0 Å². The van der Waals surface area contributed by atoms with Crippen molar-refractivity contribution in [1.29, 1.82) is 0 Å². The average molecular weight is 282 g/mol. The lowest BCUT2D eigenvalue weighted by Crippen LogP contribution is -2.26. The first-order valence-electron chi connectivity index (χ1n) is 7.14. The summed E-state index contributed by atoms with van der Waals surface area (Å²) in [6.45, 7) is 12.6. The molecule has 20 heavy (non-hydrogen) atoms. The maximum absolute atomic E-state index is 11.6. The van der Waals surface area contributed by atoms with Crippen LogP contribution in [0.25, 0.3) is 0 Å². The second-order valence-corrected chi connectivity index (χ2v) is 4.91. The second-order valence-electron chi connectivity index (χ2n) is 4.91. The third kappa shape index (κ3) is 7.77. The molecule has 0 aliphatic carbocycles. The smallest absolute Gasteiger partial charge is 0.336 e. The van der Waals surface area contributed by atoms with E-state index in [-0.39, 0.29) is 5.57 Å². The quantitative estimate of drug-likeness (QED) is 0.348. The molecule has 0 aromatic rings. The summed E-state index contributed by atoms with van der Waals surface area (Å²) in [5.74, 6) is -0.775. The lowest BCUT2D eigenvalue weighted by molar-refractivity contribution is -0.184. The Balaban J connectivity index is 4.64. The summed E-state index contributed by atoms with van der Waals surface area (Å²) in [4.78, 5) is 22.9. The van der Waals surface area contributed by atoms with Crippen molar-refractivity contribution in [3.8, 4) is 0 Å². The summed E-state index contributed by atoms with van der Waals surface area (Å²) in [7, 11) is 0. The van der Waals surface area contributed by atoms with Crippen LogP contribution in [0.1, 0.15) is 52.9 Å². The number of rotatable bonds is 10. The largest absolute Gasteiger partial charge is 0.422 e. The first kappa shape index (κ1) is 18.4. The van der Waals surface area contributed by atoms with Gasteiger partial charge in [0, 0.05) is 18.1 Å². The highest BCUT2D eigenvalue weighted by molar-refractivity contribution is 5.87. The molecule has 4 heteroatoms. The van der Waals surface area contributed by atoms with E-state index >= 15 is 0 Å². The van der Waals surface area contributed by atoms with E-state index in [1.807, 2.05) is 0 Å². The van der Waals surface area contributed by atoms with Crippen LogP contribution >= 0.6 is 0 Å². The fraction of sp³-hybridized carbons (Fsp3) is 0.625. The lowest BCUT2D eigenvalue weighted by Gasteiger charge is -2.22. The fourth-order valence-corrected chi connectivity index (χ4v) is 1.77. The molecule has 0 saturated heterocycles. The van der Waals surface area contributed by atoms with Crippen molar-refractivity contribution in [1.82, 2.24) is 0 Å². The Morgan fingerprint density at radius 1 is 1.25 bits per heavy atom. The molecule has 0 aromatic carbocycles. The molecule has 2 atom stereocenters. The zero-order valence-corrected chi connectivity index (χ0v) is 12.8. The van der Waals surface area contributed by atoms with Crippen LogP contribution in [-0.2, 0) is 19.1 Å². The standard InChI is InChI=1S/C16H26O4/c1-6-9-10-13(7-2)11-15(19-14(17)8-3)20-16(18)12(4)5/h8,13,15H,3-4,6-7,9-11H2,1-2,5H3. The van der Waals surface area contributed by atoms with E-state index in [1.54, 1.807) is 6.92 Å².